The van der Waals surface area contributed by atoms with Crippen LogP contribution in [0.3, 0.4) is 0 Å². The van der Waals surface area contributed by atoms with E-state index in [2.05, 4.69) is 33.9 Å². The Bertz CT molecular complexity index is 454. The smallest absolute Gasteiger partial charge is 0.192 e. The Kier molecular flexibility index (Phi) is 6.74. The van der Waals surface area contributed by atoms with Crippen LogP contribution in [0.5, 0.6) is 0 Å². The van der Waals surface area contributed by atoms with E-state index < -0.39 is 14.4 Å². The SMILES string of the molecule is C[C@H](OC[C@H](O)CO[Si](C)(C)C(C)(C)C)c1ccc(F)cc1. The first-order valence-corrected chi connectivity index (χ1v) is 10.6. The first-order valence-electron chi connectivity index (χ1n) is 7.72. The van der Waals surface area contributed by atoms with Crippen molar-refractivity contribution < 1.29 is 18.7 Å². The zero-order valence-corrected chi connectivity index (χ0v) is 15.5. The van der Waals surface area contributed by atoms with Gasteiger partial charge in [0.15, 0.2) is 8.32 Å². The highest BCUT2D eigenvalue weighted by Gasteiger charge is 2.37. The zero-order valence-electron chi connectivity index (χ0n) is 14.5. The van der Waals surface area contributed by atoms with Gasteiger partial charge in [-0.05, 0) is 42.8 Å². The van der Waals surface area contributed by atoms with E-state index in [1.165, 1.54) is 12.1 Å². The van der Waals surface area contributed by atoms with Crippen LogP contribution in [0, 0.1) is 5.82 Å². The van der Waals surface area contributed by atoms with Crippen molar-refractivity contribution in [1.82, 2.24) is 0 Å². The lowest BCUT2D eigenvalue weighted by atomic mass is 10.1. The summed E-state index contributed by atoms with van der Waals surface area (Å²) in [6.07, 6.45) is -0.847. The van der Waals surface area contributed by atoms with E-state index in [1.807, 2.05) is 6.92 Å². The topological polar surface area (TPSA) is 38.7 Å². The maximum Gasteiger partial charge on any atom is 0.192 e. The summed E-state index contributed by atoms with van der Waals surface area (Å²) in [5.74, 6) is -0.265. The van der Waals surface area contributed by atoms with Crippen LogP contribution in [0.4, 0.5) is 4.39 Å². The average Bonchev–Trinajstić information content (AvgIpc) is 2.42. The first kappa shape index (κ1) is 19.3. The number of aliphatic hydroxyl groups is 1. The van der Waals surface area contributed by atoms with Gasteiger partial charge in [-0.15, -0.1) is 0 Å². The molecule has 0 saturated carbocycles. The van der Waals surface area contributed by atoms with Crippen molar-refractivity contribution >= 4 is 8.32 Å². The second-order valence-corrected chi connectivity index (χ2v) is 12.1. The van der Waals surface area contributed by atoms with Crippen LogP contribution >= 0.6 is 0 Å². The van der Waals surface area contributed by atoms with Crippen molar-refractivity contribution in [3.05, 3.63) is 35.6 Å². The molecule has 0 heterocycles. The third-order valence-corrected chi connectivity index (χ3v) is 8.82. The van der Waals surface area contributed by atoms with E-state index in [1.54, 1.807) is 12.1 Å². The summed E-state index contributed by atoms with van der Waals surface area (Å²) in [6.45, 7) is 13.2. The predicted octanol–water partition coefficient (Wildman–Crippen LogP) is 4.29. The lowest BCUT2D eigenvalue weighted by molar-refractivity contribution is -0.0213. The molecule has 0 aromatic heterocycles. The highest BCUT2D eigenvalue weighted by molar-refractivity contribution is 6.74. The standard InChI is InChI=1S/C17H29FO3Si/c1-13(14-7-9-15(18)10-8-14)20-11-16(19)12-21-22(5,6)17(2,3)4/h7-10,13,16,19H,11-12H2,1-6H3/t13-,16-/m0/s1. The van der Waals surface area contributed by atoms with Gasteiger partial charge >= 0.3 is 0 Å². The van der Waals surface area contributed by atoms with Crippen LogP contribution in [-0.4, -0.2) is 32.7 Å². The molecule has 0 saturated heterocycles. The van der Waals surface area contributed by atoms with Crippen molar-refractivity contribution in [3.8, 4) is 0 Å². The van der Waals surface area contributed by atoms with Crippen LogP contribution in [0.1, 0.15) is 39.4 Å². The van der Waals surface area contributed by atoms with Gasteiger partial charge in [-0.2, -0.15) is 0 Å². The molecule has 1 aromatic carbocycles. The van der Waals surface area contributed by atoms with Crippen molar-refractivity contribution in [1.29, 1.82) is 0 Å². The first-order chi connectivity index (χ1) is 10.0. The van der Waals surface area contributed by atoms with Crippen molar-refractivity contribution in [2.75, 3.05) is 13.2 Å². The van der Waals surface area contributed by atoms with Crippen molar-refractivity contribution in [3.63, 3.8) is 0 Å². The Labute approximate surface area is 134 Å². The number of hydrogen-bond donors (Lipinski definition) is 1. The molecule has 5 heteroatoms. The molecule has 3 nitrogen and oxygen atoms in total. The molecule has 0 unspecified atom stereocenters. The number of ether oxygens (including phenoxy) is 1. The van der Waals surface area contributed by atoms with Gasteiger partial charge in [0.25, 0.3) is 0 Å². The Morgan fingerprint density at radius 3 is 2.18 bits per heavy atom. The predicted molar refractivity (Wildman–Crippen MR) is 89.9 cm³/mol. The number of rotatable bonds is 7. The van der Waals surface area contributed by atoms with Crippen molar-refractivity contribution in [2.24, 2.45) is 0 Å². The highest BCUT2D eigenvalue weighted by atomic mass is 28.4. The lowest BCUT2D eigenvalue weighted by Crippen LogP contribution is -2.43. The summed E-state index contributed by atoms with van der Waals surface area (Å²) in [5.41, 5.74) is 0.888. The van der Waals surface area contributed by atoms with Crippen LogP contribution in [-0.2, 0) is 9.16 Å². The van der Waals surface area contributed by atoms with Gasteiger partial charge < -0.3 is 14.3 Å². The minimum atomic E-state index is -1.85. The third kappa shape index (κ3) is 5.80. The van der Waals surface area contributed by atoms with E-state index in [4.69, 9.17) is 9.16 Å². The van der Waals surface area contributed by atoms with E-state index in [-0.39, 0.29) is 30.2 Å². The normalized spacial score (nSPS) is 15.6. The fourth-order valence-electron chi connectivity index (χ4n) is 1.65. The van der Waals surface area contributed by atoms with Gasteiger partial charge in [-0.3, -0.25) is 0 Å². The molecule has 0 bridgehead atoms. The minimum absolute atomic E-state index is 0.120. The van der Waals surface area contributed by atoms with Crippen molar-refractivity contribution in [2.45, 2.75) is 58.0 Å². The summed E-state index contributed by atoms with van der Waals surface area (Å²) in [4.78, 5) is 0. The number of halogens is 1. The summed E-state index contributed by atoms with van der Waals surface area (Å²) in [7, 11) is -1.85. The molecule has 0 radical (unpaired) electrons. The lowest BCUT2D eigenvalue weighted by Gasteiger charge is -2.36. The maximum atomic E-state index is 12.9. The quantitative estimate of drug-likeness (QED) is 0.759. The molecule has 0 spiro atoms. The van der Waals surface area contributed by atoms with E-state index in [0.717, 1.165) is 5.56 Å². The number of hydrogen-bond acceptors (Lipinski definition) is 3. The second-order valence-electron chi connectivity index (χ2n) is 7.25. The maximum absolute atomic E-state index is 12.9. The molecule has 1 aromatic rings. The molecule has 1 N–H and O–H groups in total. The van der Waals surface area contributed by atoms with Gasteiger partial charge in [0.1, 0.15) is 5.82 Å². The largest absolute Gasteiger partial charge is 0.414 e. The summed E-state index contributed by atoms with van der Waals surface area (Å²) in [5, 5.41) is 10.2. The Hall–Kier alpha value is -0.753. The molecule has 0 fully saturated rings. The van der Waals surface area contributed by atoms with Gasteiger partial charge in [0.2, 0.25) is 0 Å². The Morgan fingerprint density at radius 1 is 1.14 bits per heavy atom. The van der Waals surface area contributed by atoms with E-state index in [9.17, 15) is 9.50 Å². The molecule has 1 rings (SSSR count). The number of benzene rings is 1. The van der Waals surface area contributed by atoms with Gasteiger partial charge in [0.05, 0.1) is 25.4 Å². The average molecular weight is 328 g/mol. The molecule has 0 aliphatic carbocycles. The molecular formula is C17H29FO3Si. The van der Waals surface area contributed by atoms with Crippen LogP contribution in [0.25, 0.3) is 0 Å². The fourth-order valence-corrected chi connectivity index (χ4v) is 2.70. The zero-order chi connectivity index (χ0) is 17.0. The minimum Gasteiger partial charge on any atom is -0.414 e. The third-order valence-electron chi connectivity index (χ3n) is 4.32. The van der Waals surface area contributed by atoms with Crippen LogP contribution in [0.15, 0.2) is 24.3 Å². The van der Waals surface area contributed by atoms with Gasteiger partial charge in [-0.25, -0.2) is 4.39 Å². The Morgan fingerprint density at radius 2 is 1.68 bits per heavy atom. The van der Waals surface area contributed by atoms with Gasteiger partial charge in [0, 0.05) is 0 Å². The Balaban J connectivity index is 2.40. The fraction of sp³-hybridized carbons (Fsp3) is 0.647. The van der Waals surface area contributed by atoms with Gasteiger partial charge in [-0.1, -0.05) is 32.9 Å². The highest BCUT2D eigenvalue weighted by Crippen LogP contribution is 2.36. The monoisotopic (exact) mass is 328 g/mol. The molecule has 126 valence electrons. The molecule has 0 aliphatic rings. The second kappa shape index (κ2) is 7.68. The van der Waals surface area contributed by atoms with Crippen LogP contribution < -0.4 is 0 Å². The van der Waals surface area contributed by atoms with Crippen LogP contribution in [0.2, 0.25) is 18.1 Å². The molecule has 0 aliphatic heterocycles. The summed E-state index contributed by atoms with van der Waals surface area (Å²) in [6, 6.07) is 6.20. The number of aliphatic hydroxyl groups excluding tert-OH is 1. The van der Waals surface area contributed by atoms with E-state index >= 15 is 0 Å². The molecular weight excluding hydrogens is 299 g/mol. The summed E-state index contributed by atoms with van der Waals surface area (Å²) < 4.78 is 24.5. The molecule has 22 heavy (non-hydrogen) atoms. The molecule has 0 amide bonds. The van der Waals surface area contributed by atoms with E-state index in [0.29, 0.717) is 0 Å². The molecule has 2 atom stereocenters. The summed E-state index contributed by atoms with van der Waals surface area (Å²) >= 11 is 0.